The molecule has 0 aliphatic carbocycles. The molecule has 1 unspecified atom stereocenters. The molecule has 1 saturated heterocycles. The molecule has 1 heterocycles. The summed E-state index contributed by atoms with van der Waals surface area (Å²) in [4.78, 5) is 41.4. The van der Waals surface area contributed by atoms with E-state index in [-0.39, 0.29) is 13.0 Å². The summed E-state index contributed by atoms with van der Waals surface area (Å²) in [5, 5.41) is 2.78. The molecule has 186 valence electrons. The summed E-state index contributed by atoms with van der Waals surface area (Å²) < 4.78 is 16.2. The lowest BCUT2D eigenvalue weighted by molar-refractivity contribution is -0.150. The Kier molecular flexibility index (Phi) is 7.24. The maximum Gasteiger partial charge on any atom is 0.418 e. The Morgan fingerprint density at radius 2 is 1.50 bits per heavy atom. The molecular formula is C28H28N2O6. The molecule has 1 N–H and O–H groups in total. The quantitative estimate of drug-likeness (QED) is 0.457. The van der Waals surface area contributed by atoms with Gasteiger partial charge in [-0.3, -0.25) is 9.59 Å². The average Bonchev–Trinajstić information content (AvgIpc) is 3.17. The Balaban J connectivity index is 1.64. The minimum absolute atomic E-state index is 0.0714. The van der Waals surface area contributed by atoms with Crippen molar-refractivity contribution in [2.75, 3.05) is 14.2 Å². The number of methoxy groups -OCH3 is 2. The first-order chi connectivity index (χ1) is 17.4. The van der Waals surface area contributed by atoms with E-state index in [0.29, 0.717) is 22.6 Å². The van der Waals surface area contributed by atoms with E-state index in [1.54, 1.807) is 49.4 Å². The van der Waals surface area contributed by atoms with Gasteiger partial charge in [-0.15, -0.1) is 0 Å². The van der Waals surface area contributed by atoms with Gasteiger partial charge in [-0.05, 0) is 35.7 Å². The number of hydrogen-bond acceptors (Lipinski definition) is 6. The Labute approximate surface area is 209 Å². The van der Waals surface area contributed by atoms with Crippen LogP contribution in [0.4, 0.5) is 4.79 Å². The highest BCUT2D eigenvalue weighted by Gasteiger charge is 2.60. The van der Waals surface area contributed by atoms with Crippen molar-refractivity contribution >= 4 is 17.9 Å². The number of benzene rings is 3. The van der Waals surface area contributed by atoms with E-state index in [0.717, 1.165) is 10.5 Å². The van der Waals surface area contributed by atoms with E-state index < -0.39 is 29.6 Å². The van der Waals surface area contributed by atoms with Gasteiger partial charge in [0.15, 0.2) is 0 Å². The molecule has 4 rings (SSSR count). The van der Waals surface area contributed by atoms with Crippen molar-refractivity contribution in [2.45, 2.75) is 31.5 Å². The van der Waals surface area contributed by atoms with E-state index in [4.69, 9.17) is 14.2 Å². The van der Waals surface area contributed by atoms with Gasteiger partial charge in [-0.1, -0.05) is 60.7 Å². The Hall–Kier alpha value is -4.33. The Morgan fingerprint density at radius 1 is 0.917 bits per heavy atom. The standard InChI is InChI=1S/C28H28N2O6/c1-19(22-12-8-5-9-13-22)30-26(32)28(36-27(30)33,17-20-10-6-4-7-11-20)25(31)29-18-21-14-23(34-2)16-24(15-21)35-3/h4-16,19H,17-18H2,1-3H3,(H,29,31)/t19-,28?/m1/s1. The molecule has 1 fully saturated rings. The lowest BCUT2D eigenvalue weighted by Crippen LogP contribution is -2.55. The topological polar surface area (TPSA) is 94.2 Å². The van der Waals surface area contributed by atoms with Gasteiger partial charge in [0.25, 0.3) is 17.4 Å². The summed E-state index contributed by atoms with van der Waals surface area (Å²) in [6.07, 6.45) is -0.950. The fourth-order valence-corrected chi connectivity index (χ4v) is 4.25. The van der Waals surface area contributed by atoms with Crippen molar-refractivity contribution in [1.82, 2.24) is 10.2 Å². The molecule has 8 nitrogen and oxygen atoms in total. The zero-order valence-electron chi connectivity index (χ0n) is 20.4. The van der Waals surface area contributed by atoms with Gasteiger partial charge in [-0.2, -0.15) is 0 Å². The highest BCUT2D eigenvalue weighted by atomic mass is 16.6. The number of carbonyl (C=O) groups is 3. The molecule has 8 heteroatoms. The highest BCUT2D eigenvalue weighted by Crippen LogP contribution is 2.35. The zero-order chi connectivity index (χ0) is 25.7. The predicted molar refractivity (Wildman–Crippen MR) is 132 cm³/mol. The highest BCUT2D eigenvalue weighted by molar-refractivity contribution is 6.17. The van der Waals surface area contributed by atoms with Crippen LogP contribution in [0.2, 0.25) is 0 Å². The van der Waals surface area contributed by atoms with Crippen molar-refractivity contribution in [3.63, 3.8) is 0 Å². The third-order valence-corrected chi connectivity index (χ3v) is 6.22. The number of hydrogen-bond donors (Lipinski definition) is 1. The number of imide groups is 1. The fraction of sp³-hybridized carbons (Fsp3) is 0.250. The second-order valence-corrected chi connectivity index (χ2v) is 8.52. The summed E-state index contributed by atoms with van der Waals surface area (Å²) >= 11 is 0. The molecule has 3 amide bonds. The van der Waals surface area contributed by atoms with Crippen LogP contribution in [-0.2, 0) is 27.3 Å². The number of cyclic esters (lactones) is 1. The normalized spacial score (nSPS) is 17.9. The number of nitrogens with zero attached hydrogens (tertiary/aromatic N) is 1. The number of ether oxygens (including phenoxy) is 3. The molecule has 0 saturated carbocycles. The summed E-state index contributed by atoms with van der Waals surface area (Å²) in [6, 6.07) is 22.7. The molecule has 1 aliphatic heterocycles. The van der Waals surface area contributed by atoms with Crippen LogP contribution in [0, 0.1) is 0 Å². The summed E-state index contributed by atoms with van der Waals surface area (Å²) in [5.74, 6) is -0.282. The van der Waals surface area contributed by atoms with E-state index in [2.05, 4.69) is 5.32 Å². The van der Waals surface area contributed by atoms with Gasteiger partial charge in [0.2, 0.25) is 0 Å². The summed E-state index contributed by atoms with van der Waals surface area (Å²) in [6.45, 7) is 1.80. The van der Waals surface area contributed by atoms with Gasteiger partial charge < -0.3 is 19.5 Å². The zero-order valence-corrected chi connectivity index (χ0v) is 20.4. The first-order valence-corrected chi connectivity index (χ1v) is 11.5. The molecule has 0 bridgehead atoms. The van der Waals surface area contributed by atoms with Crippen LogP contribution in [0.3, 0.4) is 0 Å². The van der Waals surface area contributed by atoms with Crippen LogP contribution >= 0.6 is 0 Å². The van der Waals surface area contributed by atoms with Crippen LogP contribution in [-0.4, -0.2) is 42.6 Å². The third kappa shape index (κ3) is 4.88. The van der Waals surface area contributed by atoms with Crippen molar-refractivity contribution in [1.29, 1.82) is 0 Å². The fourth-order valence-electron chi connectivity index (χ4n) is 4.25. The smallest absolute Gasteiger partial charge is 0.418 e. The van der Waals surface area contributed by atoms with E-state index >= 15 is 0 Å². The average molecular weight is 489 g/mol. The first-order valence-electron chi connectivity index (χ1n) is 11.5. The van der Waals surface area contributed by atoms with Gasteiger partial charge in [0, 0.05) is 19.0 Å². The monoisotopic (exact) mass is 488 g/mol. The molecule has 2 atom stereocenters. The summed E-state index contributed by atoms with van der Waals surface area (Å²) in [7, 11) is 3.07. The maximum atomic E-state index is 13.8. The Morgan fingerprint density at radius 3 is 2.08 bits per heavy atom. The second-order valence-electron chi connectivity index (χ2n) is 8.52. The minimum Gasteiger partial charge on any atom is -0.497 e. The molecular weight excluding hydrogens is 460 g/mol. The SMILES string of the molecule is COc1cc(CNC(=O)C2(Cc3ccccc3)OC(=O)N([C@H](C)c3ccccc3)C2=O)cc(OC)c1. The maximum absolute atomic E-state index is 13.8. The second kappa shape index (κ2) is 10.5. The van der Waals surface area contributed by atoms with E-state index in [9.17, 15) is 14.4 Å². The summed E-state index contributed by atoms with van der Waals surface area (Å²) in [5.41, 5.74) is 0.0960. The molecule has 0 spiro atoms. The molecule has 3 aromatic carbocycles. The van der Waals surface area contributed by atoms with Crippen molar-refractivity contribution in [3.8, 4) is 11.5 Å². The van der Waals surface area contributed by atoms with Crippen LogP contribution in [0.15, 0.2) is 78.9 Å². The minimum atomic E-state index is -2.04. The Bertz CT molecular complexity index is 1230. The third-order valence-electron chi connectivity index (χ3n) is 6.22. The predicted octanol–water partition coefficient (Wildman–Crippen LogP) is 4.04. The molecule has 0 aromatic heterocycles. The number of amides is 3. The van der Waals surface area contributed by atoms with E-state index in [1.807, 2.05) is 36.4 Å². The van der Waals surface area contributed by atoms with Crippen molar-refractivity contribution < 1.29 is 28.6 Å². The number of carbonyl (C=O) groups excluding carboxylic acids is 3. The van der Waals surface area contributed by atoms with Crippen molar-refractivity contribution in [3.05, 3.63) is 95.6 Å². The van der Waals surface area contributed by atoms with Gasteiger partial charge >= 0.3 is 6.09 Å². The van der Waals surface area contributed by atoms with Gasteiger partial charge in [-0.25, -0.2) is 9.69 Å². The lowest BCUT2D eigenvalue weighted by Gasteiger charge is -2.26. The van der Waals surface area contributed by atoms with E-state index in [1.165, 1.54) is 14.2 Å². The molecule has 1 aliphatic rings. The van der Waals surface area contributed by atoms with Crippen LogP contribution < -0.4 is 14.8 Å². The largest absolute Gasteiger partial charge is 0.497 e. The lowest BCUT2D eigenvalue weighted by atomic mass is 9.91. The molecule has 36 heavy (non-hydrogen) atoms. The number of nitrogens with one attached hydrogen (secondary N) is 1. The van der Waals surface area contributed by atoms with Crippen LogP contribution in [0.5, 0.6) is 11.5 Å². The first kappa shape index (κ1) is 24.8. The van der Waals surface area contributed by atoms with Crippen LogP contribution in [0.25, 0.3) is 0 Å². The van der Waals surface area contributed by atoms with Crippen molar-refractivity contribution in [2.24, 2.45) is 0 Å². The van der Waals surface area contributed by atoms with Gasteiger partial charge in [0.05, 0.1) is 20.3 Å². The molecule has 0 radical (unpaired) electrons. The molecule has 3 aromatic rings. The van der Waals surface area contributed by atoms with Gasteiger partial charge in [0.1, 0.15) is 11.5 Å². The van der Waals surface area contributed by atoms with Crippen LogP contribution in [0.1, 0.15) is 29.7 Å². The number of rotatable bonds is 9.